The highest BCUT2D eigenvalue weighted by Crippen LogP contribution is 2.24. The summed E-state index contributed by atoms with van der Waals surface area (Å²) in [5, 5.41) is 23.3. The molecule has 0 unspecified atom stereocenters. The van der Waals surface area contributed by atoms with Gasteiger partial charge >= 0.3 is 5.97 Å². The van der Waals surface area contributed by atoms with Crippen LogP contribution in [-0.2, 0) is 60.9 Å². The lowest BCUT2D eigenvalue weighted by molar-refractivity contribution is -0.145. The largest absolute Gasteiger partial charge is 0.480 e. The lowest BCUT2D eigenvalue weighted by Crippen LogP contribution is -2.60. The van der Waals surface area contributed by atoms with Gasteiger partial charge in [0, 0.05) is 66.4 Å². The molecule has 1 aliphatic rings. The van der Waals surface area contributed by atoms with E-state index in [2.05, 4.69) is 31.2 Å². The molecule has 1 saturated heterocycles. The Morgan fingerprint density at radius 2 is 0.971 bits per heavy atom. The number of nitrogens with one attached hydrogen (secondary N) is 6. The van der Waals surface area contributed by atoms with E-state index < -0.39 is 71.8 Å². The van der Waals surface area contributed by atoms with Gasteiger partial charge in [0.15, 0.2) is 0 Å². The Hall–Kier alpha value is -8.04. The summed E-state index contributed by atoms with van der Waals surface area (Å²) in [5.41, 5.74) is 12.0. The van der Waals surface area contributed by atoms with Crippen molar-refractivity contribution in [2.45, 2.75) is 81.2 Å². The predicted octanol–water partition coefficient (Wildman–Crippen LogP) is 4.50. The van der Waals surface area contributed by atoms with Crippen LogP contribution in [0.15, 0.2) is 152 Å². The molecule has 6 atom stereocenters. The van der Waals surface area contributed by atoms with Crippen LogP contribution in [0.2, 0.25) is 0 Å². The lowest BCUT2D eigenvalue weighted by Gasteiger charge is -2.31. The predicted molar refractivity (Wildman–Crippen MR) is 263 cm³/mol. The minimum absolute atomic E-state index is 0.0260. The Bertz CT molecular complexity index is 2900. The van der Waals surface area contributed by atoms with Gasteiger partial charge in [-0.1, -0.05) is 127 Å². The minimum atomic E-state index is -1.24. The van der Waals surface area contributed by atoms with Gasteiger partial charge in [0.25, 0.3) is 0 Å². The van der Waals surface area contributed by atoms with Gasteiger partial charge in [-0.05, 0) is 59.2 Å². The third-order valence-corrected chi connectivity index (χ3v) is 12.7. The van der Waals surface area contributed by atoms with Crippen molar-refractivity contribution in [3.05, 3.63) is 180 Å². The van der Waals surface area contributed by atoms with Gasteiger partial charge in [0.2, 0.25) is 29.5 Å². The number of amides is 5. The number of aliphatic carboxylic acids is 1. The molecule has 7 aromatic rings. The van der Waals surface area contributed by atoms with Crippen LogP contribution in [0.4, 0.5) is 0 Å². The van der Waals surface area contributed by atoms with Crippen LogP contribution in [0.3, 0.4) is 0 Å². The first kappa shape index (κ1) is 47.5. The van der Waals surface area contributed by atoms with Crippen LogP contribution in [0.1, 0.15) is 40.7 Å². The average molecular weight is 929 g/mol. The molecule has 0 saturated carbocycles. The number of H-pyrrole nitrogens is 2. The van der Waals surface area contributed by atoms with Gasteiger partial charge in [0.05, 0.1) is 6.04 Å². The maximum absolute atomic E-state index is 14.9. The maximum Gasteiger partial charge on any atom is 0.326 e. The van der Waals surface area contributed by atoms with Gasteiger partial charge in [-0.15, -0.1) is 0 Å². The van der Waals surface area contributed by atoms with Crippen molar-refractivity contribution >= 4 is 57.3 Å². The number of nitrogens with two attached hydrogens (primary N) is 1. The van der Waals surface area contributed by atoms with E-state index in [0.717, 1.165) is 49.6 Å². The van der Waals surface area contributed by atoms with E-state index in [1.165, 1.54) is 4.90 Å². The molecule has 15 nitrogen and oxygen atoms in total. The molecule has 5 amide bonds. The fourth-order valence-electron chi connectivity index (χ4n) is 9.11. The van der Waals surface area contributed by atoms with Crippen molar-refractivity contribution in [1.82, 2.24) is 36.1 Å². The number of aromatic amines is 2. The van der Waals surface area contributed by atoms with E-state index >= 15 is 0 Å². The van der Waals surface area contributed by atoms with E-state index in [-0.39, 0.29) is 45.1 Å². The highest BCUT2D eigenvalue weighted by atomic mass is 16.4. The molecule has 0 aliphatic carbocycles. The molecule has 3 heterocycles. The minimum Gasteiger partial charge on any atom is -0.480 e. The van der Waals surface area contributed by atoms with Crippen LogP contribution in [0, 0.1) is 0 Å². The summed E-state index contributed by atoms with van der Waals surface area (Å²) < 4.78 is 0. The SMILES string of the molecule is N[C@@H](Cc1c[nH]c2ccccc12)C(=O)N[C@@H](Cc1ccccc1)C(=O)N[C@@H](Cc1ccccc1)C(=O)N[C@@H](Cc1c[nH]c2ccccc12)C(=O)N1CCC[C@H]1C(=O)N[C@@H](Cc1ccccc1)C(=O)O. The van der Waals surface area contributed by atoms with Crippen molar-refractivity contribution in [1.29, 1.82) is 0 Å². The normalized spacial score (nSPS) is 15.7. The van der Waals surface area contributed by atoms with Crippen LogP contribution in [0.5, 0.6) is 0 Å². The molecule has 5 aromatic carbocycles. The molecule has 1 aliphatic heterocycles. The Labute approximate surface area is 399 Å². The van der Waals surface area contributed by atoms with Crippen molar-refractivity contribution in [3.8, 4) is 0 Å². The van der Waals surface area contributed by atoms with Crippen molar-refractivity contribution in [3.63, 3.8) is 0 Å². The quantitative estimate of drug-likeness (QED) is 0.0541. The van der Waals surface area contributed by atoms with Gasteiger partial charge < -0.3 is 47.0 Å². The van der Waals surface area contributed by atoms with Gasteiger partial charge in [-0.3, -0.25) is 24.0 Å². The van der Waals surface area contributed by atoms with E-state index in [1.54, 1.807) is 30.5 Å². The van der Waals surface area contributed by atoms with Gasteiger partial charge in [0.1, 0.15) is 30.2 Å². The van der Waals surface area contributed by atoms with Gasteiger partial charge in [-0.25, -0.2) is 4.79 Å². The van der Waals surface area contributed by atoms with Crippen molar-refractivity contribution in [2.75, 3.05) is 6.54 Å². The Morgan fingerprint density at radius 3 is 1.48 bits per heavy atom. The standard InChI is InChI=1S/C54H56N8O7/c55-41(30-37-32-56-42-23-12-10-21-39(37)42)49(63)58-44(27-34-15-4-1-5-16-34)50(64)59-45(28-35-17-6-2-7-18-35)51(65)60-46(31-38-33-57-43-24-13-11-22-40(38)43)53(67)62-26-14-25-48(62)52(66)61-47(54(68)69)29-36-19-8-3-9-20-36/h1-13,15-24,32-33,41,44-48,56-57H,14,25-31,55H2,(H,58,63)(H,59,64)(H,60,65)(H,61,66)(H,68,69)/t41-,44-,45-,46-,47-,48-/m0/s1. The summed E-state index contributed by atoms with van der Waals surface area (Å²) in [6.45, 7) is 0.196. The summed E-state index contributed by atoms with van der Waals surface area (Å²) in [7, 11) is 0. The Kier molecular flexibility index (Phi) is 15.2. The monoisotopic (exact) mass is 928 g/mol. The van der Waals surface area contributed by atoms with E-state index in [9.17, 15) is 33.9 Å². The summed E-state index contributed by atoms with van der Waals surface area (Å²) in [5.74, 6) is -4.21. The number of carbonyl (C=O) groups excluding carboxylic acids is 5. The van der Waals surface area contributed by atoms with Crippen molar-refractivity contribution in [2.24, 2.45) is 5.73 Å². The number of nitrogens with zero attached hydrogens (tertiary/aromatic N) is 1. The van der Waals surface area contributed by atoms with Crippen LogP contribution < -0.4 is 27.0 Å². The van der Waals surface area contributed by atoms with E-state index in [4.69, 9.17) is 5.73 Å². The molecule has 0 radical (unpaired) electrons. The average Bonchev–Trinajstić information content (AvgIpc) is 4.13. The third kappa shape index (κ3) is 11.9. The molecule has 8 rings (SSSR count). The molecule has 1 fully saturated rings. The number of likely N-dealkylation sites (tertiary alicyclic amines) is 1. The second-order valence-electron chi connectivity index (χ2n) is 17.6. The number of carboxylic acids is 1. The van der Waals surface area contributed by atoms with Crippen LogP contribution >= 0.6 is 0 Å². The fraction of sp³-hybridized carbons (Fsp3) is 0.259. The zero-order valence-corrected chi connectivity index (χ0v) is 38.0. The van der Waals surface area contributed by atoms with Crippen LogP contribution in [0.25, 0.3) is 21.8 Å². The maximum atomic E-state index is 14.9. The number of aromatic nitrogens is 2. The second-order valence-corrected chi connectivity index (χ2v) is 17.6. The lowest BCUT2D eigenvalue weighted by atomic mass is 10.00. The number of para-hydroxylation sites is 2. The summed E-state index contributed by atoms with van der Waals surface area (Å²) >= 11 is 0. The second kappa shape index (κ2) is 22.2. The first-order chi connectivity index (χ1) is 33.5. The topological polar surface area (TPSA) is 232 Å². The molecule has 15 heteroatoms. The zero-order chi connectivity index (χ0) is 48.3. The van der Waals surface area contributed by atoms with E-state index in [0.29, 0.717) is 6.42 Å². The van der Waals surface area contributed by atoms with Gasteiger partial charge in [-0.2, -0.15) is 0 Å². The van der Waals surface area contributed by atoms with Crippen LogP contribution in [-0.4, -0.2) is 98.3 Å². The Morgan fingerprint density at radius 1 is 0.536 bits per heavy atom. The van der Waals surface area contributed by atoms with E-state index in [1.807, 2.05) is 121 Å². The van der Waals surface area contributed by atoms with Crippen molar-refractivity contribution < 1.29 is 33.9 Å². The highest BCUT2D eigenvalue weighted by molar-refractivity contribution is 5.97. The molecule has 9 N–H and O–H groups in total. The molecule has 2 aromatic heterocycles. The molecular formula is C54H56N8O7. The molecule has 0 bridgehead atoms. The first-order valence-corrected chi connectivity index (χ1v) is 23.2. The number of carbonyl (C=O) groups is 6. The first-order valence-electron chi connectivity index (χ1n) is 23.2. The summed E-state index contributed by atoms with van der Waals surface area (Å²) in [4.78, 5) is 92.3. The molecule has 69 heavy (non-hydrogen) atoms. The number of hydrogen-bond acceptors (Lipinski definition) is 7. The molecular weight excluding hydrogens is 873 g/mol. The third-order valence-electron chi connectivity index (χ3n) is 12.7. The molecule has 354 valence electrons. The summed E-state index contributed by atoms with van der Waals surface area (Å²) in [6, 6.07) is 35.6. The Balaban J connectivity index is 1.05. The summed E-state index contributed by atoms with van der Waals surface area (Å²) in [6.07, 6.45) is 4.75. The fourth-order valence-corrected chi connectivity index (χ4v) is 9.11. The zero-order valence-electron chi connectivity index (χ0n) is 38.0. The number of carboxylic acid groups (broad SMARTS) is 1. The number of benzene rings is 5. The number of hydrogen-bond donors (Lipinski definition) is 8. The molecule has 0 spiro atoms. The smallest absolute Gasteiger partial charge is 0.326 e. The number of rotatable bonds is 20. The highest BCUT2D eigenvalue weighted by Gasteiger charge is 2.40. The number of fused-ring (bicyclic) bond motifs is 2.